The van der Waals surface area contributed by atoms with Crippen molar-refractivity contribution in [3.05, 3.63) is 35.4 Å². The number of imidazole rings is 1. The number of piperidine rings is 1. The number of nitrogens with zero attached hydrogens (tertiary/aromatic N) is 5. The largest absolute Gasteiger partial charge is 0.382 e. The summed E-state index contributed by atoms with van der Waals surface area (Å²) in [7, 11) is -1.05. The number of anilines is 2. The second-order valence-corrected chi connectivity index (χ2v) is 13.2. The van der Waals surface area contributed by atoms with Gasteiger partial charge in [-0.05, 0) is 64.9 Å². The maximum atomic E-state index is 12.8. The summed E-state index contributed by atoms with van der Waals surface area (Å²) >= 11 is 6.51. The first-order valence-electron chi connectivity index (χ1n) is 12.3. The molecule has 1 saturated heterocycles. The maximum absolute atomic E-state index is 12.8. The summed E-state index contributed by atoms with van der Waals surface area (Å²) in [4.78, 5) is 16.1. The molecule has 2 aliphatic rings. The summed E-state index contributed by atoms with van der Waals surface area (Å²) in [5.74, 6) is 1.19. The van der Waals surface area contributed by atoms with Crippen molar-refractivity contribution in [1.29, 1.82) is 0 Å². The van der Waals surface area contributed by atoms with Crippen LogP contribution in [-0.2, 0) is 11.0 Å². The van der Waals surface area contributed by atoms with Crippen LogP contribution in [-0.4, -0.2) is 47.4 Å². The van der Waals surface area contributed by atoms with E-state index >= 15 is 0 Å². The van der Waals surface area contributed by atoms with Gasteiger partial charge in [-0.25, -0.2) is 23.9 Å². The third kappa shape index (κ3) is 4.32. The van der Waals surface area contributed by atoms with Crippen LogP contribution in [0.2, 0.25) is 5.02 Å². The molecule has 3 N–H and O–H groups in total. The van der Waals surface area contributed by atoms with Gasteiger partial charge in [0, 0.05) is 48.8 Å². The Hall–Kier alpha value is -2.23. The molecule has 2 fully saturated rings. The second kappa shape index (κ2) is 9.01. The Kier molecular flexibility index (Phi) is 6.30. The normalized spacial score (nSPS) is 21.2. The van der Waals surface area contributed by atoms with Crippen molar-refractivity contribution >= 4 is 40.0 Å². The lowest BCUT2D eigenvalue weighted by Gasteiger charge is -2.44. The molecule has 1 spiro atoms. The van der Waals surface area contributed by atoms with Crippen molar-refractivity contribution in [2.45, 2.75) is 70.6 Å². The molecule has 0 bridgehead atoms. The minimum Gasteiger partial charge on any atom is -0.382 e. The monoisotopic (exact) mass is 515 g/mol. The molecule has 3 aromatic heterocycles. The summed E-state index contributed by atoms with van der Waals surface area (Å²) in [6.07, 6.45) is 11.0. The Morgan fingerprint density at radius 3 is 2.66 bits per heavy atom. The fourth-order valence-electron chi connectivity index (χ4n) is 5.64. The molecule has 188 valence electrons. The standard InChI is InChI=1S/C25H34ClN7OS/c1-16-19(17-7-11-28-21(27)20(17)26)22-29-12-15-33(22)23(30-16)32-13-9-25(10-14-32)8-5-6-18(25)31-35(34)24(2,3)4/h7,11-12,15,18,31H,5-6,8-10,13-14H2,1-4H3,(H2,27,28)/t18-,35-/m1/s1. The zero-order valence-corrected chi connectivity index (χ0v) is 22.4. The molecule has 0 aromatic carbocycles. The van der Waals surface area contributed by atoms with Crippen LogP contribution in [0.5, 0.6) is 0 Å². The number of hydrogen-bond donors (Lipinski definition) is 2. The molecular weight excluding hydrogens is 482 g/mol. The smallest absolute Gasteiger partial charge is 0.211 e. The summed E-state index contributed by atoms with van der Waals surface area (Å²) in [6, 6.07) is 2.16. The topological polar surface area (TPSA) is 101 Å². The summed E-state index contributed by atoms with van der Waals surface area (Å²) < 4.78 is 18.1. The maximum Gasteiger partial charge on any atom is 0.211 e. The third-order valence-electron chi connectivity index (χ3n) is 7.65. The van der Waals surface area contributed by atoms with E-state index in [1.165, 1.54) is 12.8 Å². The molecule has 0 amide bonds. The second-order valence-electron chi connectivity index (χ2n) is 10.8. The predicted octanol–water partition coefficient (Wildman–Crippen LogP) is 4.53. The highest BCUT2D eigenvalue weighted by atomic mass is 35.5. The number of aryl methyl sites for hydroxylation is 1. The van der Waals surface area contributed by atoms with Gasteiger partial charge in [0.2, 0.25) is 5.95 Å². The SMILES string of the molecule is Cc1nc(N2CCC3(CCC[C@H]3N[S@](=O)C(C)(C)C)CC2)n2ccnc2c1-c1ccnc(N)c1Cl. The highest BCUT2D eigenvalue weighted by Gasteiger charge is 2.46. The molecule has 10 heteroatoms. The first-order chi connectivity index (χ1) is 16.6. The lowest BCUT2D eigenvalue weighted by molar-refractivity contribution is 0.187. The van der Waals surface area contributed by atoms with Gasteiger partial charge in [-0.1, -0.05) is 18.0 Å². The third-order valence-corrected chi connectivity index (χ3v) is 9.66. The Morgan fingerprint density at radius 2 is 1.94 bits per heavy atom. The van der Waals surface area contributed by atoms with E-state index in [9.17, 15) is 4.21 Å². The van der Waals surface area contributed by atoms with Gasteiger partial charge in [0.25, 0.3) is 0 Å². The quantitative estimate of drug-likeness (QED) is 0.529. The molecule has 3 aromatic rings. The molecule has 35 heavy (non-hydrogen) atoms. The van der Waals surface area contributed by atoms with Crippen LogP contribution < -0.4 is 15.4 Å². The van der Waals surface area contributed by atoms with Crippen LogP contribution in [0.4, 0.5) is 11.8 Å². The predicted molar refractivity (Wildman–Crippen MR) is 143 cm³/mol. The van der Waals surface area contributed by atoms with Gasteiger partial charge >= 0.3 is 0 Å². The molecule has 8 nitrogen and oxygen atoms in total. The molecule has 1 aliphatic heterocycles. The van der Waals surface area contributed by atoms with E-state index in [1.807, 2.05) is 44.4 Å². The Bertz CT molecular complexity index is 1280. The van der Waals surface area contributed by atoms with E-state index in [4.69, 9.17) is 22.3 Å². The highest BCUT2D eigenvalue weighted by Crippen LogP contribution is 2.47. The van der Waals surface area contributed by atoms with Crippen molar-refractivity contribution in [1.82, 2.24) is 24.1 Å². The molecule has 0 radical (unpaired) electrons. The minimum atomic E-state index is -1.05. The number of hydrogen-bond acceptors (Lipinski definition) is 6. The Morgan fingerprint density at radius 1 is 1.20 bits per heavy atom. The highest BCUT2D eigenvalue weighted by molar-refractivity contribution is 7.84. The van der Waals surface area contributed by atoms with Crippen LogP contribution >= 0.6 is 11.6 Å². The van der Waals surface area contributed by atoms with E-state index in [0.717, 1.165) is 60.8 Å². The zero-order chi connectivity index (χ0) is 25.0. The van der Waals surface area contributed by atoms with E-state index in [0.29, 0.717) is 16.9 Å². The van der Waals surface area contributed by atoms with E-state index in [2.05, 4.69) is 19.6 Å². The zero-order valence-electron chi connectivity index (χ0n) is 20.8. The number of nitrogens with one attached hydrogen (secondary N) is 1. The summed E-state index contributed by atoms with van der Waals surface area (Å²) in [5, 5.41) is 0.419. The Labute approximate surface area is 214 Å². The van der Waals surface area contributed by atoms with Crippen molar-refractivity contribution in [3.8, 4) is 11.1 Å². The van der Waals surface area contributed by atoms with Crippen LogP contribution in [0.25, 0.3) is 16.8 Å². The molecule has 1 aliphatic carbocycles. The molecule has 4 heterocycles. The van der Waals surface area contributed by atoms with Gasteiger partial charge in [-0.15, -0.1) is 0 Å². The molecule has 5 rings (SSSR count). The van der Waals surface area contributed by atoms with Gasteiger partial charge < -0.3 is 10.6 Å². The molecule has 2 atom stereocenters. The summed E-state index contributed by atoms with van der Waals surface area (Å²) in [6.45, 7) is 9.89. The van der Waals surface area contributed by atoms with Crippen LogP contribution in [0, 0.1) is 12.3 Å². The van der Waals surface area contributed by atoms with Crippen molar-refractivity contribution < 1.29 is 4.21 Å². The molecule has 0 unspecified atom stereocenters. The van der Waals surface area contributed by atoms with E-state index in [1.54, 1.807) is 12.4 Å². The Balaban J connectivity index is 1.42. The van der Waals surface area contributed by atoms with Crippen molar-refractivity contribution in [2.75, 3.05) is 23.7 Å². The number of rotatable bonds is 4. The van der Waals surface area contributed by atoms with Gasteiger partial charge in [0.05, 0.1) is 26.4 Å². The number of fused-ring (bicyclic) bond motifs is 1. The van der Waals surface area contributed by atoms with Crippen LogP contribution in [0.3, 0.4) is 0 Å². The number of pyridine rings is 1. The average Bonchev–Trinajstić information content (AvgIpc) is 3.44. The van der Waals surface area contributed by atoms with Gasteiger partial charge in [0.15, 0.2) is 0 Å². The van der Waals surface area contributed by atoms with Gasteiger partial charge in [0.1, 0.15) is 11.5 Å². The number of nitrogens with two attached hydrogens (primary N) is 1. The van der Waals surface area contributed by atoms with Gasteiger partial charge in [-0.2, -0.15) is 0 Å². The number of halogens is 1. The minimum absolute atomic E-state index is 0.197. The van der Waals surface area contributed by atoms with E-state index in [-0.39, 0.29) is 10.2 Å². The van der Waals surface area contributed by atoms with Crippen LogP contribution in [0.15, 0.2) is 24.7 Å². The van der Waals surface area contributed by atoms with Gasteiger partial charge in [-0.3, -0.25) is 4.40 Å². The fourth-order valence-corrected chi connectivity index (χ4v) is 6.83. The first-order valence-corrected chi connectivity index (χ1v) is 13.8. The average molecular weight is 516 g/mol. The number of nitrogen functional groups attached to an aromatic ring is 1. The van der Waals surface area contributed by atoms with Crippen molar-refractivity contribution in [3.63, 3.8) is 0 Å². The fraction of sp³-hybridized carbons (Fsp3) is 0.560. The van der Waals surface area contributed by atoms with Crippen molar-refractivity contribution in [2.24, 2.45) is 5.41 Å². The molecule has 1 saturated carbocycles. The lowest BCUT2D eigenvalue weighted by Crippen LogP contribution is -2.51. The van der Waals surface area contributed by atoms with E-state index < -0.39 is 11.0 Å². The first kappa shape index (κ1) is 24.5. The summed E-state index contributed by atoms with van der Waals surface area (Å²) in [5.41, 5.74) is 9.49. The van der Waals surface area contributed by atoms with Crippen LogP contribution in [0.1, 0.15) is 58.6 Å². The molecular formula is C25H34ClN7OS. The lowest BCUT2D eigenvalue weighted by atomic mass is 9.74. The number of aromatic nitrogens is 4.